The number of amides is 1. The molecule has 0 atom stereocenters. The molecule has 0 aromatic rings. The summed E-state index contributed by atoms with van der Waals surface area (Å²) < 4.78 is 0. The van der Waals surface area contributed by atoms with E-state index in [2.05, 4.69) is 19.0 Å². The fourth-order valence-corrected chi connectivity index (χ4v) is 2.00. The molecule has 0 aromatic heterocycles. The highest BCUT2D eigenvalue weighted by atomic mass is 16.2. The van der Waals surface area contributed by atoms with Crippen LogP contribution < -0.4 is 0 Å². The fraction of sp³-hybridized carbons (Fsp3) is 0.909. The van der Waals surface area contributed by atoms with Gasteiger partial charge in [-0.15, -0.1) is 0 Å². The molecule has 4 heteroatoms. The Hall–Kier alpha value is -0.610. The summed E-state index contributed by atoms with van der Waals surface area (Å²) in [4.78, 5) is 17.9. The number of piperidine rings is 1. The number of likely N-dealkylation sites (tertiary alicyclic amines) is 1. The molecule has 0 saturated carbocycles. The average molecular weight is 213 g/mol. The molecule has 0 N–H and O–H groups in total. The van der Waals surface area contributed by atoms with Gasteiger partial charge in [-0.1, -0.05) is 0 Å². The van der Waals surface area contributed by atoms with Gasteiger partial charge in [0.2, 0.25) is 5.91 Å². The predicted molar refractivity (Wildman–Crippen MR) is 61.8 cm³/mol. The van der Waals surface area contributed by atoms with E-state index >= 15 is 0 Å². The SMILES string of the molecule is CN(C)CC(=O)N1CCC(N(C)C)CC1. The van der Waals surface area contributed by atoms with Crippen molar-refractivity contribution in [2.75, 3.05) is 47.8 Å². The van der Waals surface area contributed by atoms with Crippen molar-refractivity contribution in [2.45, 2.75) is 18.9 Å². The van der Waals surface area contributed by atoms with Crippen molar-refractivity contribution in [3.8, 4) is 0 Å². The Labute approximate surface area is 92.8 Å². The number of likely N-dealkylation sites (N-methyl/N-ethyl adjacent to an activating group) is 1. The lowest BCUT2D eigenvalue weighted by Gasteiger charge is -2.35. The van der Waals surface area contributed by atoms with Gasteiger partial charge >= 0.3 is 0 Å². The van der Waals surface area contributed by atoms with Crippen LogP contribution in [0, 0.1) is 0 Å². The van der Waals surface area contributed by atoms with Crippen LogP contribution in [0.25, 0.3) is 0 Å². The molecule has 0 spiro atoms. The van der Waals surface area contributed by atoms with Gasteiger partial charge in [-0.3, -0.25) is 4.79 Å². The molecule has 0 bridgehead atoms. The second kappa shape index (κ2) is 5.47. The molecular formula is C11H23N3O. The minimum atomic E-state index is 0.261. The summed E-state index contributed by atoms with van der Waals surface area (Å²) in [5.74, 6) is 0.261. The first-order valence-corrected chi connectivity index (χ1v) is 5.59. The van der Waals surface area contributed by atoms with Crippen LogP contribution in [-0.2, 0) is 4.79 Å². The molecule has 1 rings (SSSR count). The van der Waals surface area contributed by atoms with Gasteiger partial charge in [0.05, 0.1) is 6.54 Å². The highest BCUT2D eigenvalue weighted by Gasteiger charge is 2.23. The van der Waals surface area contributed by atoms with Crippen LogP contribution in [0.5, 0.6) is 0 Å². The van der Waals surface area contributed by atoms with Gasteiger partial charge < -0.3 is 14.7 Å². The summed E-state index contributed by atoms with van der Waals surface area (Å²) in [5.41, 5.74) is 0. The molecule has 4 nitrogen and oxygen atoms in total. The number of rotatable bonds is 3. The first-order valence-electron chi connectivity index (χ1n) is 5.59. The normalized spacial score (nSPS) is 18.9. The monoisotopic (exact) mass is 213 g/mol. The van der Waals surface area contributed by atoms with Gasteiger partial charge in [0.15, 0.2) is 0 Å². The van der Waals surface area contributed by atoms with E-state index in [1.54, 1.807) is 0 Å². The van der Waals surface area contributed by atoms with E-state index in [9.17, 15) is 4.79 Å². The molecule has 0 unspecified atom stereocenters. The summed E-state index contributed by atoms with van der Waals surface area (Å²) in [6, 6.07) is 0.647. The van der Waals surface area contributed by atoms with Crippen molar-refractivity contribution in [3.63, 3.8) is 0 Å². The lowest BCUT2D eigenvalue weighted by atomic mass is 10.0. The van der Waals surface area contributed by atoms with Gasteiger partial charge in [0, 0.05) is 19.1 Å². The molecule has 1 fully saturated rings. The molecule has 1 saturated heterocycles. The molecule has 1 amide bonds. The Balaban J connectivity index is 2.34. The molecule has 0 aliphatic carbocycles. The van der Waals surface area contributed by atoms with Crippen LogP contribution in [0.3, 0.4) is 0 Å². The molecular weight excluding hydrogens is 190 g/mol. The maximum Gasteiger partial charge on any atom is 0.236 e. The van der Waals surface area contributed by atoms with Crippen molar-refractivity contribution in [1.82, 2.24) is 14.7 Å². The Morgan fingerprint density at radius 3 is 2.13 bits per heavy atom. The van der Waals surface area contributed by atoms with E-state index in [1.165, 1.54) is 0 Å². The molecule has 15 heavy (non-hydrogen) atoms. The number of carbonyl (C=O) groups is 1. The van der Waals surface area contributed by atoms with Crippen molar-refractivity contribution >= 4 is 5.91 Å². The second-order valence-electron chi connectivity index (χ2n) is 4.81. The van der Waals surface area contributed by atoms with Crippen molar-refractivity contribution < 1.29 is 4.79 Å². The third-order valence-corrected chi connectivity index (χ3v) is 3.00. The minimum absolute atomic E-state index is 0.261. The third-order valence-electron chi connectivity index (χ3n) is 3.00. The summed E-state index contributed by atoms with van der Waals surface area (Å²) in [5, 5.41) is 0. The van der Waals surface area contributed by atoms with Gasteiger partial charge in [-0.25, -0.2) is 0 Å². The molecule has 1 heterocycles. The summed E-state index contributed by atoms with van der Waals surface area (Å²) >= 11 is 0. The molecule has 1 aliphatic rings. The van der Waals surface area contributed by atoms with Crippen LogP contribution in [-0.4, -0.2) is 74.5 Å². The van der Waals surface area contributed by atoms with Crippen LogP contribution in [0.4, 0.5) is 0 Å². The highest BCUT2D eigenvalue weighted by Crippen LogP contribution is 2.14. The van der Waals surface area contributed by atoms with Crippen LogP contribution >= 0.6 is 0 Å². The Morgan fingerprint density at radius 1 is 1.20 bits per heavy atom. The fourth-order valence-electron chi connectivity index (χ4n) is 2.00. The zero-order chi connectivity index (χ0) is 11.4. The van der Waals surface area contributed by atoms with E-state index in [0.717, 1.165) is 25.9 Å². The van der Waals surface area contributed by atoms with Crippen LogP contribution in [0.2, 0.25) is 0 Å². The largest absolute Gasteiger partial charge is 0.341 e. The maximum absolute atomic E-state index is 11.8. The first kappa shape index (κ1) is 12.5. The summed E-state index contributed by atoms with van der Waals surface area (Å²) in [7, 11) is 8.10. The topological polar surface area (TPSA) is 26.8 Å². The lowest BCUT2D eigenvalue weighted by Crippen LogP contribution is -2.46. The smallest absolute Gasteiger partial charge is 0.236 e. The zero-order valence-corrected chi connectivity index (χ0v) is 10.4. The molecule has 1 aliphatic heterocycles. The molecule has 88 valence electrons. The molecule has 0 aromatic carbocycles. The van der Waals surface area contributed by atoms with E-state index in [1.807, 2.05) is 23.9 Å². The predicted octanol–water partition coefficient (Wildman–Crippen LogP) is 0.101. The van der Waals surface area contributed by atoms with Gasteiger partial charge in [0.25, 0.3) is 0 Å². The van der Waals surface area contributed by atoms with Gasteiger partial charge in [-0.2, -0.15) is 0 Å². The van der Waals surface area contributed by atoms with Crippen molar-refractivity contribution in [1.29, 1.82) is 0 Å². The van der Waals surface area contributed by atoms with Crippen molar-refractivity contribution in [2.24, 2.45) is 0 Å². The maximum atomic E-state index is 11.8. The zero-order valence-electron chi connectivity index (χ0n) is 10.4. The lowest BCUT2D eigenvalue weighted by molar-refractivity contribution is -0.133. The van der Waals surface area contributed by atoms with E-state index in [0.29, 0.717) is 12.6 Å². The first-order chi connectivity index (χ1) is 7.00. The average Bonchev–Trinajstić information content (AvgIpc) is 2.17. The quantitative estimate of drug-likeness (QED) is 0.665. The summed E-state index contributed by atoms with van der Waals surface area (Å²) in [6.07, 6.45) is 2.21. The number of carbonyl (C=O) groups excluding carboxylic acids is 1. The van der Waals surface area contributed by atoms with E-state index in [4.69, 9.17) is 0 Å². The standard InChI is InChI=1S/C11H23N3O/c1-12(2)9-11(15)14-7-5-10(6-8-14)13(3)4/h10H,5-9H2,1-4H3. The highest BCUT2D eigenvalue weighted by molar-refractivity contribution is 5.78. The van der Waals surface area contributed by atoms with Crippen LogP contribution in [0.1, 0.15) is 12.8 Å². The van der Waals surface area contributed by atoms with Crippen molar-refractivity contribution in [3.05, 3.63) is 0 Å². The number of hydrogen-bond acceptors (Lipinski definition) is 3. The van der Waals surface area contributed by atoms with E-state index in [-0.39, 0.29) is 5.91 Å². The number of nitrogens with zero attached hydrogens (tertiary/aromatic N) is 3. The number of hydrogen-bond donors (Lipinski definition) is 0. The third kappa shape index (κ3) is 3.80. The molecule has 0 radical (unpaired) electrons. The Kier molecular flexibility index (Phi) is 4.54. The van der Waals surface area contributed by atoms with Gasteiger partial charge in [-0.05, 0) is 41.0 Å². The van der Waals surface area contributed by atoms with E-state index < -0.39 is 0 Å². The second-order valence-corrected chi connectivity index (χ2v) is 4.81. The van der Waals surface area contributed by atoms with Crippen LogP contribution in [0.15, 0.2) is 0 Å². The summed E-state index contributed by atoms with van der Waals surface area (Å²) in [6.45, 7) is 2.36. The Morgan fingerprint density at radius 2 is 1.73 bits per heavy atom. The minimum Gasteiger partial charge on any atom is -0.341 e. The van der Waals surface area contributed by atoms with Gasteiger partial charge in [0.1, 0.15) is 0 Å². The Bertz CT molecular complexity index is 208.